The van der Waals surface area contributed by atoms with Gasteiger partial charge in [-0.2, -0.15) is 4.31 Å². The summed E-state index contributed by atoms with van der Waals surface area (Å²) in [5, 5.41) is 9.59. The zero-order valence-electron chi connectivity index (χ0n) is 12.4. The number of benzene rings is 1. The highest BCUT2D eigenvalue weighted by Crippen LogP contribution is 2.41. The van der Waals surface area contributed by atoms with Gasteiger partial charge in [0.15, 0.2) is 0 Å². The highest BCUT2D eigenvalue weighted by atomic mass is 127. The van der Waals surface area contributed by atoms with Crippen LogP contribution < -0.4 is 4.74 Å². The molecule has 1 atom stereocenters. The van der Waals surface area contributed by atoms with Crippen LogP contribution in [0.1, 0.15) is 24.0 Å². The van der Waals surface area contributed by atoms with Gasteiger partial charge in [0.2, 0.25) is 10.0 Å². The van der Waals surface area contributed by atoms with Gasteiger partial charge in [0.05, 0.1) is 18.6 Å². The van der Waals surface area contributed by atoms with Crippen molar-refractivity contribution in [3.63, 3.8) is 0 Å². The van der Waals surface area contributed by atoms with Crippen LogP contribution in [0, 0.1) is 13.8 Å². The van der Waals surface area contributed by atoms with E-state index >= 15 is 0 Å². The lowest BCUT2D eigenvalue weighted by atomic mass is 10.1. The maximum atomic E-state index is 13.0. The number of hydrogen-bond donors (Lipinski definition) is 1. The Morgan fingerprint density at radius 1 is 1.38 bits per heavy atom. The van der Waals surface area contributed by atoms with Crippen molar-refractivity contribution in [2.45, 2.75) is 35.1 Å². The second kappa shape index (κ2) is 6.02. The number of ether oxygens (including phenoxy) is 1. The van der Waals surface area contributed by atoms with Crippen molar-refractivity contribution >= 4 is 32.6 Å². The highest BCUT2D eigenvalue weighted by molar-refractivity contribution is 14.1. The maximum Gasteiger partial charge on any atom is 0.244 e. The Hall–Kier alpha value is -0.380. The molecule has 0 amide bonds. The van der Waals surface area contributed by atoms with Crippen molar-refractivity contribution in [2.75, 3.05) is 20.3 Å². The lowest BCUT2D eigenvalue weighted by Crippen LogP contribution is -2.45. The number of hydrogen-bond acceptors (Lipinski definition) is 4. The van der Waals surface area contributed by atoms with Gasteiger partial charge in [-0.3, -0.25) is 0 Å². The fourth-order valence-electron chi connectivity index (χ4n) is 2.86. The molecule has 1 N–H and O–H groups in total. The molecule has 0 aliphatic carbocycles. The number of alkyl halides is 1. The Morgan fingerprint density at radius 2 is 1.95 bits per heavy atom. The van der Waals surface area contributed by atoms with E-state index in [0.717, 1.165) is 6.42 Å². The topological polar surface area (TPSA) is 66.8 Å². The molecule has 0 bridgehead atoms. The van der Waals surface area contributed by atoms with Crippen LogP contribution in [0.2, 0.25) is 0 Å². The summed E-state index contributed by atoms with van der Waals surface area (Å²) in [7, 11) is -2.07. The maximum absolute atomic E-state index is 13.0. The summed E-state index contributed by atoms with van der Waals surface area (Å²) in [5.74, 6) is 0.647. The van der Waals surface area contributed by atoms with Crippen LogP contribution >= 0.6 is 22.6 Å². The molecule has 0 radical (unpaired) electrons. The molecule has 7 heteroatoms. The predicted molar refractivity (Wildman–Crippen MR) is 89.4 cm³/mol. The summed E-state index contributed by atoms with van der Waals surface area (Å²) in [4.78, 5) is 0.319. The summed E-state index contributed by atoms with van der Waals surface area (Å²) in [6, 6.07) is 3.45. The van der Waals surface area contributed by atoms with E-state index in [4.69, 9.17) is 4.74 Å². The Bertz CT molecular complexity index is 623. The number of aliphatic hydroxyl groups excluding tert-OH is 1. The Morgan fingerprint density at radius 3 is 2.43 bits per heavy atom. The smallest absolute Gasteiger partial charge is 0.244 e. The van der Waals surface area contributed by atoms with Gasteiger partial charge in [0.25, 0.3) is 0 Å². The fraction of sp³-hybridized carbons (Fsp3) is 0.571. The van der Waals surface area contributed by atoms with Crippen LogP contribution in [-0.4, -0.2) is 41.6 Å². The summed E-state index contributed by atoms with van der Waals surface area (Å²) in [6.45, 7) is 3.80. The monoisotopic (exact) mass is 425 g/mol. The van der Waals surface area contributed by atoms with Crippen molar-refractivity contribution in [3.8, 4) is 5.75 Å². The number of sulfonamides is 1. The van der Waals surface area contributed by atoms with Crippen molar-refractivity contribution in [3.05, 3.63) is 23.3 Å². The first-order chi connectivity index (χ1) is 9.76. The Kier molecular flexibility index (Phi) is 4.87. The first kappa shape index (κ1) is 17.0. The minimum absolute atomic E-state index is 0.180. The second-order valence-electron chi connectivity index (χ2n) is 5.35. The first-order valence-corrected chi connectivity index (χ1v) is 9.26. The predicted octanol–water partition coefficient (Wildman–Crippen LogP) is 2.22. The van der Waals surface area contributed by atoms with Crippen LogP contribution in [-0.2, 0) is 10.0 Å². The average Bonchev–Trinajstić information content (AvgIpc) is 2.81. The van der Waals surface area contributed by atoms with E-state index in [-0.39, 0.29) is 6.61 Å². The van der Waals surface area contributed by atoms with Gasteiger partial charge in [-0.1, -0.05) is 22.6 Å². The van der Waals surface area contributed by atoms with E-state index < -0.39 is 13.6 Å². The average molecular weight is 425 g/mol. The van der Waals surface area contributed by atoms with Crippen LogP contribution in [0.5, 0.6) is 5.75 Å². The quantitative estimate of drug-likeness (QED) is 0.457. The van der Waals surface area contributed by atoms with Gasteiger partial charge in [0.1, 0.15) is 9.30 Å². The molecular formula is C14H20INO4S. The van der Waals surface area contributed by atoms with Crippen molar-refractivity contribution in [1.29, 1.82) is 0 Å². The molecule has 0 saturated carbocycles. The molecule has 1 aromatic rings. The zero-order valence-corrected chi connectivity index (χ0v) is 15.4. The number of rotatable bonds is 4. The van der Waals surface area contributed by atoms with E-state index in [2.05, 4.69) is 22.6 Å². The van der Waals surface area contributed by atoms with E-state index in [9.17, 15) is 13.5 Å². The minimum atomic E-state index is -3.63. The van der Waals surface area contributed by atoms with E-state index in [1.54, 1.807) is 33.1 Å². The minimum Gasteiger partial charge on any atom is -0.497 e. The molecule has 1 saturated heterocycles. The lowest BCUT2D eigenvalue weighted by molar-refractivity contribution is 0.202. The third-order valence-corrected chi connectivity index (χ3v) is 7.89. The molecule has 1 aliphatic heterocycles. The van der Waals surface area contributed by atoms with Crippen LogP contribution in [0.15, 0.2) is 17.0 Å². The normalized spacial score (nSPS) is 23.5. The molecule has 2 rings (SSSR count). The number of methoxy groups -OCH3 is 1. The molecule has 1 fully saturated rings. The van der Waals surface area contributed by atoms with Gasteiger partial charge in [-0.25, -0.2) is 8.42 Å². The van der Waals surface area contributed by atoms with Crippen LogP contribution in [0.25, 0.3) is 0 Å². The first-order valence-electron chi connectivity index (χ1n) is 6.74. The van der Waals surface area contributed by atoms with Gasteiger partial charge in [-0.15, -0.1) is 0 Å². The molecule has 1 aromatic carbocycles. The van der Waals surface area contributed by atoms with Gasteiger partial charge >= 0.3 is 0 Å². The second-order valence-corrected chi connectivity index (χ2v) is 9.15. The number of aryl methyl sites for hydroxylation is 2. The van der Waals surface area contributed by atoms with Gasteiger partial charge < -0.3 is 9.84 Å². The summed E-state index contributed by atoms with van der Waals surface area (Å²) >= 11 is 2.05. The lowest BCUT2D eigenvalue weighted by Gasteiger charge is -2.31. The molecule has 0 aromatic heterocycles. The van der Waals surface area contributed by atoms with Crippen LogP contribution in [0.3, 0.4) is 0 Å². The third kappa shape index (κ3) is 2.93. The summed E-state index contributed by atoms with van der Waals surface area (Å²) in [6.07, 6.45) is 1.43. The Labute approximate surface area is 139 Å². The van der Waals surface area contributed by atoms with Crippen molar-refractivity contribution in [2.24, 2.45) is 0 Å². The molecule has 1 heterocycles. The van der Waals surface area contributed by atoms with Crippen molar-refractivity contribution in [1.82, 2.24) is 4.31 Å². The molecular weight excluding hydrogens is 405 g/mol. The number of aliphatic hydroxyl groups is 1. The zero-order chi connectivity index (χ0) is 15.8. The van der Waals surface area contributed by atoms with Crippen molar-refractivity contribution < 1.29 is 18.3 Å². The molecule has 5 nitrogen and oxygen atoms in total. The molecule has 118 valence electrons. The fourth-order valence-corrected chi connectivity index (χ4v) is 6.36. The molecule has 1 unspecified atom stereocenters. The number of halogens is 1. The van der Waals surface area contributed by atoms with Crippen LogP contribution in [0.4, 0.5) is 0 Å². The standard InChI is InChI=1S/C14H20INO4S/c1-10-7-12(20-3)8-11(2)13(10)21(18,19)16-6-4-5-14(16,15)9-17/h7-8,17H,4-6,9H2,1-3H3. The molecule has 0 spiro atoms. The van der Waals surface area contributed by atoms with E-state index in [1.807, 2.05) is 0 Å². The largest absolute Gasteiger partial charge is 0.497 e. The third-order valence-electron chi connectivity index (χ3n) is 3.83. The Balaban J connectivity index is 2.55. The summed E-state index contributed by atoms with van der Waals surface area (Å²) in [5.41, 5.74) is 1.32. The van der Waals surface area contributed by atoms with Gasteiger partial charge in [-0.05, 0) is 49.9 Å². The van der Waals surface area contributed by atoms with E-state index in [1.165, 1.54) is 4.31 Å². The van der Waals surface area contributed by atoms with Gasteiger partial charge in [0, 0.05) is 6.54 Å². The molecule has 21 heavy (non-hydrogen) atoms. The summed E-state index contributed by atoms with van der Waals surface area (Å²) < 4.78 is 31.9. The van der Waals surface area contributed by atoms with E-state index in [0.29, 0.717) is 34.7 Å². The molecule has 1 aliphatic rings. The SMILES string of the molecule is COc1cc(C)c(S(=O)(=O)N2CCCC2(I)CO)c(C)c1. The highest BCUT2D eigenvalue weighted by Gasteiger charge is 2.46. The number of nitrogens with zero attached hydrogens (tertiary/aromatic N) is 1.